The highest BCUT2D eigenvalue weighted by atomic mass is 35.5. The van der Waals surface area contributed by atoms with Crippen molar-refractivity contribution < 1.29 is 14.7 Å². The predicted molar refractivity (Wildman–Crippen MR) is 86.3 cm³/mol. The van der Waals surface area contributed by atoms with Gasteiger partial charge in [0.1, 0.15) is 6.04 Å². The lowest BCUT2D eigenvalue weighted by atomic mass is 10.2. The number of hydrogen-bond donors (Lipinski definition) is 3. The van der Waals surface area contributed by atoms with Crippen molar-refractivity contribution in [2.75, 3.05) is 12.0 Å². The molecule has 1 atom stereocenters. The summed E-state index contributed by atoms with van der Waals surface area (Å²) in [5.74, 6) is -0.391. The molecule has 0 bridgehead atoms. The van der Waals surface area contributed by atoms with Crippen molar-refractivity contribution in [2.24, 2.45) is 0 Å². The summed E-state index contributed by atoms with van der Waals surface area (Å²) >= 11 is 13.2. The van der Waals surface area contributed by atoms with Crippen LogP contribution in [0.5, 0.6) is 0 Å². The normalized spacial score (nSPS) is 11.8. The van der Waals surface area contributed by atoms with Gasteiger partial charge in [-0.15, -0.1) is 0 Å². The number of carboxylic acid groups (broad SMARTS) is 1. The SMILES string of the molecule is CSCCC(NC(=O)NCc1ccc(Cl)c(Cl)c1)C(=O)O. The monoisotopic (exact) mass is 350 g/mol. The summed E-state index contributed by atoms with van der Waals surface area (Å²) in [4.78, 5) is 22.7. The van der Waals surface area contributed by atoms with Gasteiger partial charge >= 0.3 is 12.0 Å². The molecule has 0 aliphatic heterocycles. The molecule has 1 rings (SSSR count). The van der Waals surface area contributed by atoms with E-state index in [1.54, 1.807) is 18.2 Å². The van der Waals surface area contributed by atoms with Gasteiger partial charge in [-0.05, 0) is 36.1 Å². The molecule has 0 saturated heterocycles. The Balaban J connectivity index is 2.48. The van der Waals surface area contributed by atoms with E-state index in [9.17, 15) is 9.59 Å². The summed E-state index contributed by atoms with van der Waals surface area (Å²) < 4.78 is 0. The van der Waals surface area contributed by atoms with Gasteiger partial charge < -0.3 is 15.7 Å². The number of carboxylic acids is 1. The molecule has 0 aliphatic carbocycles. The minimum absolute atomic E-state index is 0.234. The van der Waals surface area contributed by atoms with Crippen molar-refractivity contribution in [3.05, 3.63) is 33.8 Å². The van der Waals surface area contributed by atoms with Crippen LogP contribution in [0.4, 0.5) is 4.79 Å². The Morgan fingerprint density at radius 1 is 1.33 bits per heavy atom. The zero-order chi connectivity index (χ0) is 15.8. The second kappa shape index (κ2) is 9.02. The van der Waals surface area contributed by atoms with E-state index >= 15 is 0 Å². The zero-order valence-electron chi connectivity index (χ0n) is 11.4. The molecule has 0 aliphatic rings. The van der Waals surface area contributed by atoms with Crippen molar-refractivity contribution in [3.63, 3.8) is 0 Å². The number of benzene rings is 1. The molecule has 1 aromatic carbocycles. The molecule has 0 radical (unpaired) electrons. The Morgan fingerprint density at radius 3 is 2.62 bits per heavy atom. The van der Waals surface area contributed by atoms with Crippen LogP contribution < -0.4 is 10.6 Å². The number of nitrogens with one attached hydrogen (secondary N) is 2. The maximum absolute atomic E-state index is 11.7. The lowest BCUT2D eigenvalue weighted by molar-refractivity contribution is -0.139. The van der Waals surface area contributed by atoms with E-state index in [1.165, 1.54) is 11.8 Å². The number of halogens is 2. The minimum atomic E-state index is -1.05. The van der Waals surface area contributed by atoms with Crippen LogP contribution in [0, 0.1) is 0 Å². The smallest absolute Gasteiger partial charge is 0.326 e. The molecule has 1 unspecified atom stereocenters. The van der Waals surface area contributed by atoms with Gasteiger partial charge in [0, 0.05) is 6.54 Å². The van der Waals surface area contributed by atoms with Crippen LogP contribution in [-0.2, 0) is 11.3 Å². The van der Waals surface area contributed by atoms with E-state index in [0.29, 0.717) is 22.2 Å². The zero-order valence-corrected chi connectivity index (χ0v) is 13.7. The van der Waals surface area contributed by atoms with E-state index in [0.717, 1.165) is 5.56 Å². The number of carbonyl (C=O) groups excluding carboxylic acids is 1. The topological polar surface area (TPSA) is 78.4 Å². The van der Waals surface area contributed by atoms with Crippen LogP contribution in [0.25, 0.3) is 0 Å². The largest absolute Gasteiger partial charge is 0.480 e. The average Bonchev–Trinajstić information content (AvgIpc) is 2.44. The summed E-state index contributed by atoms with van der Waals surface area (Å²) in [5.41, 5.74) is 0.774. The fourth-order valence-corrected chi connectivity index (χ4v) is 2.33. The van der Waals surface area contributed by atoms with Gasteiger partial charge in [0.05, 0.1) is 10.0 Å². The Labute approximate surface area is 137 Å². The number of aliphatic carboxylic acids is 1. The molecular weight excluding hydrogens is 335 g/mol. The maximum atomic E-state index is 11.7. The molecule has 3 N–H and O–H groups in total. The first-order valence-electron chi connectivity index (χ1n) is 6.14. The van der Waals surface area contributed by atoms with E-state index in [2.05, 4.69) is 10.6 Å². The number of carbonyl (C=O) groups is 2. The molecule has 0 saturated carbocycles. The molecule has 5 nitrogen and oxygen atoms in total. The van der Waals surface area contributed by atoms with Crippen LogP contribution in [0.2, 0.25) is 10.0 Å². The second-order valence-corrected chi connectivity index (χ2v) is 6.05. The number of rotatable bonds is 7. The van der Waals surface area contributed by atoms with Gasteiger partial charge in [0.25, 0.3) is 0 Å². The fraction of sp³-hybridized carbons (Fsp3) is 0.385. The van der Waals surface area contributed by atoms with Crippen molar-refractivity contribution in [1.82, 2.24) is 10.6 Å². The van der Waals surface area contributed by atoms with Gasteiger partial charge in [-0.2, -0.15) is 11.8 Å². The lowest BCUT2D eigenvalue weighted by Crippen LogP contribution is -2.46. The van der Waals surface area contributed by atoms with Crippen molar-refractivity contribution >= 4 is 47.0 Å². The van der Waals surface area contributed by atoms with E-state index in [1.807, 2.05) is 6.26 Å². The standard InChI is InChI=1S/C13H16Cl2N2O3S/c1-21-5-4-11(12(18)19)17-13(20)16-7-8-2-3-9(14)10(15)6-8/h2-3,6,11H,4-5,7H2,1H3,(H,18,19)(H2,16,17,20). The Bertz CT molecular complexity index is 514. The predicted octanol–water partition coefficient (Wildman–Crippen LogP) is 3.00. The van der Waals surface area contributed by atoms with E-state index < -0.39 is 18.0 Å². The lowest BCUT2D eigenvalue weighted by Gasteiger charge is -2.14. The summed E-state index contributed by atoms with van der Waals surface area (Å²) in [6.07, 6.45) is 2.25. The molecule has 2 amide bonds. The van der Waals surface area contributed by atoms with Crippen LogP contribution in [0.3, 0.4) is 0 Å². The molecule has 0 spiro atoms. The molecule has 0 aromatic heterocycles. The minimum Gasteiger partial charge on any atom is -0.480 e. The van der Waals surface area contributed by atoms with Crippen LogP contribution in [0.1, 0.15) is 12.0 Å². The summed E-state index contributed by atoms with van der Waals surface area (Å²) in [5, 5.41) is 14.9. The molecule has 21 heavy (non-hydrogen) atoms. The van der Waals surface area contributed by atoms with Gasteiger partial charge in [-0.25, -0.2) is 9.59 Å². The third-order valence-electron chi connectivity index (χ3n) is 2.65. The molecule has 0 fully saturated rings. The molecule has 8 heteroatoms. The highest BCUT2D eigenvalue weighted by Gasteiger charge is 2.19. The first-order valence-corrected chi connectivity index (χ1v) is 8.29. The van der Waals surface area contributed by atoms with Crippen LogP contribution >= 0.6 is 35.0 Å². The Kier molecular flexibility index (Phi) is 7.71. The van der Waals surface area contributed by atoms with Gasteiger partial charge in [0.15, 0.2) is 0 Å². The molecule has 0 heterocycles. The maximum Gasteiger partial charge on any atom is 0.326 e. The summed E-state index contributed by atoms with van der Waals surface area (Å²) in [7, 11) is 0. The van der Waals surface area contributed by atoms with Gasteiger partial charge in [-0.3, -0.25) is 0 Å². The third-order valence-corrected chi connectivity index (χ3v) is 4.03. The molecular formula is C13H16Cl2N2O3S. The number of urea groups is 1. The molecule has 1 aromatic rings. The fourth-order valence-electron chi connectivity index (χ4n) is 1.53. The first kappa shape index (κ1) is 17.9. The van der Waals surface area contributed by atoms with Crippen molar-refractivity contribution in [2.45, 2.75) is 19.0 Å². The quantitative estimate of drug-likeness (QED) is 0.706. The van der Waals surface area contributed by atoms with Crippen molar-refractivity contribution in [1.29, 1.82) is 0 Å². The van der Waals surface area contributed by atoms with E-state index in [-0.39, 0.29) is 6.54 Å². The summed E-state index contributed by atoms with van der Waals surface area (Å²) in [6.45, 7) is 0.234. The Hall–Kier alpha value is -1.11. The Morgan fingerprint density at radius 2 is 2.05 bits per heavy atom. The third kappa shape index (κ3) is 6.46. The second-order valence-electron chi connectivity index (χ2n) is 4.25. The molecule has 116 valence electrons. The van der Waals surface area contributed by atoms with Gasteiger partial charge in [-0.1, -0.05) is 29.3 Å². The number of amides is 2. The average molecular weight is 351 g/mol. The van der Waals surface area contributed by atoms with Gasteiger partial charge in [0.2, 0.25) is 0 Å². The number of thioether (sulfide) groups is 1. The number of hydrogen-bond acceptors (Lipinski definition) is 3. The van der Waals surface area contributed by atoms with Crippen LogP contribution in [-0.4, -0.2) is 35.2 Å². The summed E-state index contributed by atoms with van der Waals surface area (Å²) in [6, 6.07) is 3.58. The first-order chi connectivity index (χ1) is 9.93. The van der Waals surface area contributed by atoms with Crippen molar-refractivity contribution in [3.8, 4) is 0 Å². The van der Waals surface area contributed by atoms with E-state index in [4.69, 9.17) is 28.3 Å². The highest BCUT2D eigenvalue weighted by molar-refractivity contribution is 7.98. The highest BCUT2D eigenvalue weighted by Crippen LogP contribution is 2.22. The van der Waals surface area contributed by atoms with Crippen LogP contribution in [0.15, 0.2) is 18.2 Å².